The zero-order valence-corrected chi connectivity index (χ0v) is 15.1. The zero-order chi connectivity index (χ0) is 19.2. The number of carbonyl (C=O) groups is 1. The van der Waals surface area contributed by atoms with Gasteiger partial charge < -0.3 is 14.6 Å². The van der Waals surface area contributed by atoms with Crippen molar-refractivity contribution in [3.8, 4) is 16.9 Å². The van der Waals surface area contributed by atoms with E-state index in [2.05, 4.69) is 9.97 Å². The zero-order valence-electron chi connectivity index (χ0n) is 15.1. The van der Waals surface area contributed by atoms with Crippen LogP contribution in [-0.4, -0.2) is 38.7 Å². The summed E-state index contributed by atoms with van der Waals surface area (Å²) in [4.78, 5) is 22.4. The highest BCUT2D eigenvalue weighted by atomic mass is 19.1. The second kappa shape index (κ2) is 6.28. The molecule has 0 saturated heterocycles. The Balaban J connectivity index is 1.75. The van der Waals surface area contributed by atoms with E-state index in [1.807, 2.05) is 32.0 Å². The van der Waals surface area contributed by atoms with Gasteiger partial charge in [-0.15, -0.1) is 0 Å². The molecular weight excluding hydrogens is 347 g/mol. The highest BCUT2D eigenvalue weighted by molar-refractivity contribution is 6.08. The van der Waals surface area contributed by atoms with Gasteiger partial charge in [-0.05, 0) is 31.5 Å². The molecular formula is C20H19FN4O2. The predicted octanol–water partition coefficient (Wildman–Crippen LogP) is 2.69. The van der Waals surface area contributed by atoms with Gasteiger partial charge in [0.15, 0.2) is 5.82 Å². The van der Waals surface area contributed by atoms with Crippen molar-refractivity contribution in [2.24, 2.45) is 0 Å². The van der Waals surface area contributed by atoms with Crippen LogP contribution in [0.4, 0.5) is 10.1 Å². The first-order valence-electron chi connectivity index (χ1n) is 8.65. The summed E-state index contributed by atoms with van der Waals surface area (Å²) in [6.07, 6.45) is 5.96. The smallest absolute Gasteiger partial charge is 0.237 e. The molecule has 0 bridgehead atoms. The molecule has 0 spiro atoms. The molecule has 1 aromatic carbocycles. The maximum Gasteiger partial charge on any atom is 0.237 e. The number of anilines is 1. The number of hydrogen-bond donors (Lipinski definition) is 1. The average molecular weight is 366 g/mol. The molecule has 1 N–H and O–H groups in total. The largest absolute Gasteiger partial charge is 0.395 e. The molecule has 0 aliphatic carbocycles. The number of aromatic nitrogens is 3. The van der Waals surface area contributed by atoms with E-state index in [1.165, 1.54) is 6.20 Å². The molecule has 0 radical (unpaired) electrons. The van der Waals surface area contributed by atoms with Gasteiger partial charge >= 0.3 is 0 Å². The summed E-state index contributed by atoms with van der Waals surface area (Å²) in [6, 6.07) is 7.30. The number of carbonyl (C=O) groups excluding carboxylic acids is 1. The Morgan fingerprint density at radius 2 is 2.04 bits per heavy atom. The highest BCUT2D eigenvalue weighted by Crippen LogP contribution is 2.43. The number of nitrogens with zero attached hydrogens (tertiary/aromatic N) is 4. The van der Waals surface area contributed by atoms with Crippen molar-refractivity contribution >= 4 is 11.6 Å². The third kappa shape index (κ3) is 2.71. The van der Waals surface area contributed by atoms with Gasteiger partial charge in [0.1, 0.15) is 6.33 Å². The van der Waals surface area contributed by atoms with Crippen molar-refractivity contribution in [1.82, 2.24) is 14.5 Å². The molecule has 7 heteroatoms. The second-order valence-electron chi connectivity index (χ2n) is 7.03. The standard InChI is InChI=1S/C20H19FN4O2/c1-20(2)14-4-3-13(9-18(14)25(7-8-26)19(20)27)16-11-24(12-23-16)17-5-6-22-10-15(17)21/h3-6,9-12,26H,7-8H2,1-2H3. The van der Waals surface area contributed by atoms with Crippen molar-refractivity contribution in [3.05, 3.63) is 60.6 Å². The van der Waals surface area contributed by atoms with E-state index < -0.39 is 11.2 Å². The van der Waals surface area contributed by atoms with Crippen LogP contribution in [0, 0.1) is 5.82 Å². The highest BCUT2D eigenvalue weighted by Gasteiger charge is 2.43. The van der Waals surface area contributed by atoms with E-state index >= 15 is 0 Å². The molecule has 3 heterocycles. The first kappa shape index (κ1) is 17.4. The van der Waals surface area contributed by atoms with E-state index in [4.69, 9.17) is 0 Å². The minimum atomic E-state index is -0.636. The third-order valence-electron chi connectivity index (χ3n) is 4.97. The van der Waals surface area contributed by atoms with Gasteiger partial charge in [-0.1, -0.05) is 12.1 Å². The van der Waals surface area contributed by atoms with E-state index in [1.54, 1.807) is 28.1 Å². The summed E-state index contributed by atoms with van der Waals surface area (Å²) >= 11 is 0. The number of imidazole rings is 1. The Morgan fingerprint density at radius 1 is 1.22 bits per heavy atom. The maximum absolute atomic E-state index is 14.0. The minimum Gasteiger partial charge on any atom is -0.395 e. The summed E-state index contributed by atoms with van der Waals surface area (Å²) in [5.74, 6) is -0.468. The van der Waals surface area contributed by atoms with Gasteiger partial charge in [0.05, 0.1) is 29.6 Å². The fraction of sp³-hybridized carbons (Fsp3) is 0.250. The molecule has 6 nitrogen and oxygen atoms in total. The number of aliphatic hydroxyl groups is 1. The summed E-state index contributed by atoms with van der Waals surface area (Å²) in [7, 11) is 0. The van der Waals surface area contributed by atoms with Crippen LogP contribution in [0.2, 0.25) is 0 Å². The lowest BCUT2D eigenvalue weighted by Crippen LogP contribution is -2.37. The summed E-state index contributed by atoms with van der Waals surface area (Å²) in [5, 5.41) is 9.33. The first-order valence-corrected chi connectivity index (χ1v) is 8.65. The van der Waals surface area contributed by atoms with Gasteiger partial charge in [0.2, 0.25) is 5.91 Å². The number of pyridine rings is 1. The fourth-order valence-electron chi connectivity index (χ4n) is 3.51. The van der Waals surface area contributed by atoms with Crippen molar-refractivity contribution in [2.45, 2.75) is 19.3 Å². The van der Waals surface area contributed by atoms with Crippen LogP contribution in [0.3, 0.4) is 0 Å². The summed E-state index contributed by atoms with van der Waals surface area (Å²) in [6.45, 7) is 3.90. The number of benzene rings is 1. The summed E-state index contributed by atoms with van der Waals surface area (Å²) in [5.41, 5.74) is 2.90. The second-order valence-corrected chi connectivity index (χ2v) is 7.03. The predicted molar refractivity (Wildman–Crippen MR) is 99.2 cm³/mol. The number of rotatable bonds is 4. The van der Waals surface area contributed by atoms with E-state index in [0.717, 1.165) is 23.0 Å². The summed E-state index contributed by atoms with van der Waals surface area (Å²) < 4.78 is 15.5. The monoisotopic (exact) mass is 366 g/mol. The van der Waals surface area contributed by atoms with Crippen molar-refractivity contribution < 1.29 is 14.3 Å². The van der Waals surface area contributed by atoms with E-state index in [0.29, 0.717) is 11.4 Å². The third-order valence-corrected chi connectivity index (χ3v) is 4.97. The maximum atomic E-state index is 14.0. The van der Waals surface area contributed by atoms with Crippen LogP contribution in [0.25, 0.3) is 16.9 Å². The minimum absolute atomic E-state index is 0.0342. The fourth-order valence-corrected chi connectivity index (χ4v) is 3.51. The van der Waals surface area contributed by atoms with Crippen LogP contribution in [0.15, 0.2) is 49.2 Å². The van der Waals surface area contributed by atoms with Crippen LogP contribution in [0.1, 0.15) is 19.4 Å². The average Bonchev–Trinajstić information content (AvgIpc) is 3.21. The van der Waals surface area contributed by atoms with Gasteiger partial charge in [-0.2, -0.15) is 0 Å². The Hall–Kier alpha value is -3.06. The molecule has 3 aromatic rings. The van der Waals surface area contributed by atoms with Crippen LogP contribution in [0.5, 0.6) is 0 Å². The number of hydrogen-bond acceptors (Lipinski definition) is 4. The van der Waals surface area contributed by atoms with Gasteiger partial charge in [0.25, 0.3) is 0 Å². The molecule has 0 fully saturated rings. The molecule has 4 rings (SSSR count). The molecule has 1 aliphatic heterocycles. The molecule has 0 saturated carbocycles. The number of halogens is 1. The molecule has 0 atom stereocenters. The lowest BCUT2D eigenvalue weighted by Gasteiger charge is -2.19. The van der Waals surface area contributed by atoms with Crippen molar-refractivity contribution in [3.63, 3.8) is 0 Å². The number of aliphatic hydroxyl groups excluding tert-OH is 1. The number of β-amino-alcohol motifs (C(OH)–C–C–N with tert-alkyl or cyclic N) is 1. The first-order chi connectivity index (χ1) is 12.9. The Bertz CT molecular complexity index is 1030. The Morgan fingerprint density at radius 3 is 2.78 bits per heavy atom. The Labute approximate surface area is 155 Å². The van der Waals surface area contributed by atoms with Crippen molar-refractivity contribution in [2.75, 3.05) is 18.1 Å². The SMILES string of the molecule is CC1(C)C(=O)N(CCO)c2cc(-c3cn(-c4ccncc4F)cn3)ccc21. The molecule has 27 heavy (non-hydrogen) atoms. The van der Waals surface area contributed by atoms with Crippen molar-refractivity contribution in [1.29, 1.82) is 0 Å². The van der Waals surface area contributed by atoms with E-state index in [-0.39, 0.29) is 19.1 Å². The molecule has 0 unspecified atom stereocenters. The molecule has 2 aromatic heterocycles. The molecule has 1 amide bonds. The molecule has 1 aliphatic rings. The quantitative estimate of drug-likeness (QED) is 0.771. The topological polar surface area (TPSA) is 71.2 Å². The Kier molecular flexibility index (Phi) is 4.04. The van der Waals surface area contributed by atoms with Crippen LogP contribution >= 0.6 is 0 Å². The van der Waals surface area contributed by atoms with Gasteiger partial charge in [-0.3, -0.25) is 9.78 Å². The van der Waals surface area contributed by atoms with Crippen LogP contribution in [-0.2, 0) is 10.2 Å². The van der Waals surface area contributed by atoms with Crippen LogP contribution < -0.4 is 4.90 Å². The van der Waals surface area contributed by atoms with Gasteiger partial charge in [-0.25, -0.2) is 9.37 Å². The van der Waals surface area contributed by atoms with Gasteiger partial charge in [0, 0.05) is 30.2 Å². The number of amides is 1. The van der Waals surface area contributed by atoms with E-state index in [9.17, 15) is 14.3 Å². The lowest BCUT2D eigenvalue weighted by atomic mass is 9.86. The molecule has 138 valence electrons. The lowest BCUT2D eigenvalue weighted by molar-refractivity contribution is -0.122. The normalized spacial score (nSPS) is 15.3. The number of fused-ring (bicyclic) bond motifs is 1.